The minimum Gasteiger partial charge on any atom is -0.355 e. The smallest absolute Gasteiger partial charge is 0.234 e. The van der Waals surface area contributed by atoms with Gasteiger partial charge in [-0.05, 0) is 41.9 Å². The molecule has 1 atom stereocenters. The van der Waals surface area contributed by atoms with Gasteiger partial charge >= 0.3 is 0 Å². The first kappa shape index (κ1) is 13.6. The van der Waals surface area contributed by atoms with Crippen LogP contribution in [0.2, 0.25) is 0 Å². The van der Waals surface area contributed by atoms with E-state index in [0.717, 1.165) is 19.0 Å². The van der Waals surface area contributed by atoms with Gasteiger partial charge in [0.1, 0.15) is 0 Å². The Morgan fingerprint density at radius 1 is 1.40 bits per heavy atom. The van der Waals surface area contributed by atoms with Crippen LogP contribution >= 0.6 is 0 Å². The second kappa shape index (κ2) is 5.17. The Hall–Kier alpha value is -1.42. The van der Waals surface area contributed by atoms with Crippen LogP contribution in [0.1, 0.15) is 38.3 Å². The lowest BCUT2D eigenvalue weighted by molar-refractivity contribution is -0.129. The Labute approximate surface area is 120 Å². The molecule has 0 radical (unpaired) electrons. The average Bonchev–Trinajstić information content (AvgIpc) is 3.20. The van der Waals surface area contributed by atoms with Crippen molar-refractivity contribution < 1.29 is 4.79 Å². The molecule has 0 aromatic carbocycles. The van der Waals surface area contributed by atoms with E-state index in [1.54, 1.807) is 0 Å². The van der Waals surface area contributed by atoms with Crippen LogP contribution in [-0.4, -0.2) is 35.4 Å². The van der Waals surface area contributed by atoms with Crippen molar-refractivity contribution in [3.63, 3.8) is 0 Å². The van der Waals surface area contributed by atoms with E-state index >= 15 is 0 Å². The molecule has 1 aromatic rings. The van der Waals surface area contributed by atoms with E-state index in [-0.39, 0.29) is 11.3 Å². The zero-order valence-electron chi connectivity index (χ0n) is 12.3. The first-order valence-corrected chi connectivity index (χ1v) is 7.47. The largest absolute Gasteiger partial charge is 0.355 e. The molecule has 1 amide bonds. The quantitative estimate of drug-likeness (QED) is 0.892. The van der Waals surface area contributed by atoms with Gasteiger partial charge in [-0.25, -0.2) is 0 Å². The molecular formula is C16H23N3O. The van der Waals surface area contributed by atoms with Gasteiger partial charge in [-0.2, -0.15) is 0 Å². The maximum Gasteiger partial charge on any atom is 0.234 e. The predicted octanol–water partition coefficient (Wildman–Crippen LogP) is 1.99. The maximum absolute atomic E-state index is 12.0. The molecule has 1 aromatic heterocycles. The lowest BCUT2D eigenvalue weighted by Gasteiger charge is -2.54. The van der Waals surface area contributed by atoms with Crippen molar-refractivity contribution in [3.8, 4) is 0 Å². The van der Waals surface area contributed by atoms with Gasteiger partial charge < -0.3 is 5.32 Å². The number of pyridine rings is 1. The van der Waals surface area contributed by atoms with E-state index in [9.17, 15) is 4.79 Å². The van der Waals surface area contributed by atoms with Crippen LogP contribution in [-0.2, 0) is 4.79 Å². The number of amides is 1. The highest BCUT2D eigenvalue weighted by Gasteiger charge is 2.46. The van der Waals surface area contributed by atoms with Crippen LogP contribution in [0.3, 0.4) is 0 Å². The summed E-state index contributed by atoms with van der Waals surface area (Å²) in [4.78, 5) is 18.3. The maximum atomic E-state index is 12.0. The number of carbonyl (C=O) groups excluding carboxylic acids is 1. The van der Waals surface area contributed by atoms with Crippen LogP contribution in [0.25, 0.3) is 0 Å². The van der Waals surface area contributed by atoms with E-state index in [2.05, 4.69) is 41.2 Å². The normalized spacial score (nSPS) is 25.0. The zero-order valence-corrected chi connectivity index (χ0v) is 12.3. The summed E-state index contributed by atoms with van der Waals surface area (Å²) in [5.74, 6) is 0.897. The zero-order chi connectivity index (χ0) is 14.2. The summed E-state index contributed by atoms with van der Waals surface area (Å²) in [6, 6.07) is 4.43. The highest BCUT2D eigenvalue weighted by molar-refractivity contribution is 5.78. The van der Waals surface area contributed by atoms with Crippen molar-refractivity contribution >= 4 is 5.91 Å². The molecule has 108 valence electrons. The first-order chi connectivity index (χ1) is 9.56. The first-order valence-electron chi connectivity index (χ1n) is 7.47. The third kappa shape index (κ3) is 2.85. The van der Waals surface area contributed by atoms with Crippen molar-refractivity contribution in [3.05, 3.63) is 30.1 Å². The third-order valence-electron chi connectivity index (χ3n) is 4.37. The highest BCUT2D eigenvalue weighted by Crippen LogP contribution is 2.47. The minimum atomic E-state index is 0.159. The van der Waals surface area contributed by atoms with Gasteiger partial charge in [-0.15, -0.1) is 0 Å². The molecule has 0 spiro atoms. The van der Waals surface area contributed by atoms with Crippen molar-refractivity contribution in [2.75, 3.05) is 19.6 Å². The molecule has 2 aliphatic rings. The Morgan fingerprint density at radius 3 is 2.70 bits per heavy atom. The fraction of sp³-hybridized carbons (Fsp3) is 0.625. The average molecular weight is 273 g/mol. The number of hydrogen-bond donors (Lipinski definition) is 1. The van der Waals surface area contributed by atoms with E-state index in [1.165, 1.54) is 18.4 Å². The van der Waals surface area contributed by atoms with Crippen LogP contribution in [0.15, 0.2) is 24.5 Å². The standard InChI is InChI=1S/C16H23N3O/c1-16(2)11-19(10-14(20)18-9-12-3-4-12)15(16)13-5-7-17-8-6-13/h5-8,12,15H,3-4,9-11H2,1-2H3,(H,18,20). The van der Waals surface area contributed by atoms with Crippen molar-refractivity contribution in [2.45, 2.75) is 32.7 Å². The van der Waals surface area contributed by atoms with Crippen LogP contribution in [0, 0.1) is 11.3 Å². The van der Waals surface area contributed by atoms with Crippen LogP contribution < -0.4 is 5.32 Å². The van der Waals surface area contributed by atoms with Gasteiger partial charge in [-0.1, -0.05) is 13.8 Å². The molecule has 1 aliphatic heterocycles. The minimum absolute atomic E-state index is 0.159. The molecular weight excluding hydrogens is 250 g/mol. The van der Waals surface area contributed by atoms with Crippen molar-refractivity contribution in [2.24, 2.45) is 11.3 Å². The summed E-state index contributed by atoms with van der Waals surface area (Å²) in [5.41, 5.74) is 1.48. The lowest BCUT2D eigenvalue weighted by atomic mass is 9.72. The third-order valence-corrected chi connectivity index (χ3v) is 4.37. The molecule has 3 rings (SSSR count). The monoisotopic (exact) mass is 273 g/mol. The second-order valence-electron chi connectivity index (χ2n) is 6.82. The lowest BCUT2D eigenvalue weighted by Crippen LogP contribution is -2.58. The summed E-state index contributed by atoms with van der Waals surface area (Å²) >= 11 is 0. The van der Waals surface area contributed by atoms with Gasteiger partial charge in [0.15, 0.2) is 0 Å². The molecule has 0 bridgehead atoms. The summed E-state index contributed by atoms with van der Waals surface area (Å²) in [5, 5.41) is 3.05. The van der Waals surface area contributed by atoms with E-state index in [0.29, 0.717) is 12.6 Å². The summed E-state index contributed by atoms with van der Waals surface area (Å²) in [7, 11) is 0. The van der Waals surface area contributed by atoms with Gasteiger partial charge in [0.2, 0.25) is 5.91 Å². The molecule has 1 N–H and O–H groups in total. The number of aromatic nitrogens is 1. The Morgan fingerprint density at radius 2 is 2.10 bits per heavy atom. The highest BCUT2D eigenvalue weighted by atomic mass is 16.2. The molecule has 4 heteroatoms. The molecule has 1 unspecified atom stereocenters. The Bertz CT molecular complexity index is 482. The number of rotatable bonds is 5. The second-order valence-corrected chi connectivity index (χ2v) is 6.82. The molecule has 20 heavy (non-hydrogen) atoms. The molecule has 1 aliphatic carbocycles. The molecule has 1 saturated carbocycles. The summed E-state index contributed by atoms with van der Waals surface area (Å²) in [6.45, 7) is 6.85. The van der Waals surface area contributed by atoms with E-state index < -0.39 is 0 Å². The van der Waals surface area contributed by atoms with E-state index in [1.807, 2.05) is 12.4 Å². The Balaban J connectivity index is 1.60. The summed E-state index contributed by atoms with van der Waals surface area (Å²) < 4.78 is 0. The van der Waals surface area contributed by atoms with E-state index in [4.69, 9.17) is 0 Å². The van der Waals surface area contributed by atoms with Gasteiger partial charge in [0.05, 0.1) is 6.54 Å². The van der Waals surface area contributed by atoms with Crippen LogP contribution in [0.5, 0.6) is 0 Å². The number of hydrogen-bond acceptors (Lipinski definition) is 3. The van der Waals surface area contributed by atoms with Gasteiger partial charge in [0.25, 0.3) is 0 Å². The number of nitrogens with one attached hydrogen (secondary N) is 1. The molecule has 2 heterocycles. The number of nitrogens with zero attached hydrogens (tertiary/aromatic N) is 2. The van der Waals surface area contributed by atoms with Crippen molar-refractivity contribution in [1.82, 2.24) is 15.2 Å². The fourth-order valence-electron chi connectivity index (χ4n) is 3.26. The molecule has 4 nitrogen and oxygen atoms in total. The number of carbonyl (C=O) groups is 1. The van der Waals surface area contributed by atoms with Gasteiger partial charge in [-0.3, -0.25) is 14.7 Å². The molecule has 1 saturated heterocycles. The Kier molecular flexibility index (Phi) is 3.50. The van der Waals surface area contributed by atoms with Crippen LogP contribution in [0.4, 0.5) is 0 Å². The SMILES string of the molecule is CC1(C)CN(CC(=O)NCC2CC2)C1c1ccncc1. The molecule has 2 fully saturated rings. The topological polar surface area (TPSA) is 45.2 Å². The summed E-state index contributed by atoms with van der Waals surface area (Å²) in [6.07, 6.45) is 6.21. The predicted molar refractivity (Wildman–Crippen MR) is 78.1 cm³/mol. The fourth-order valence-corrected chi connectivity index (χ4v) is 3.26. The van der Waals surface area contributed by atoms with Gasteiger partial charge in [0, 0.05) is 31.5 Å². The number of likely N-dealkylation sites (tertiary alicyclic amines) is 1. The van der Waals surface area contributed by atoms with Crippen molar-refractivity contribution in [1.29, 1.82) is 0 Å².